The highest BCUT2D eigenvalue weighted by molar-refractivity contribution is 7.99. The molecule has 0 atom stereocenters. The molecule has 2 heterocycles. The molecule has 156 valence electrons. The number of pyridine rings is 1. The van der Waals surface area contributed by atoms with Crippen LogP contribution in [0.2, 0.25) is 0 Å². The molecule has 0 spiro atoms. The van der Waals surface area contributed by atoms with Crippen LogP contribution < -0.4 is 5.56 Å². The lowest BCUT2D eigenvalue weighted by Gasteiger charge is -2.10. The van der Waals surface area contributed by atoms with Crippen LogP contribution in [0.5, 0.6) is 0 Å². The van der Waals surface area contributed by atoms with Gasteiger partial charge in [-0.3, -0.25) is 14.9 Å². The Bertz CT molecular complexity index is 1350. The molecule has 1 N–H and O–H groups in total. The molecule has 4 aromatic rings. The molecule has 4 rings (SSSR count). The minimum atomic E-state index is -4.51. The number of benzene rings is 2. The van der Waals surface area contributed by atoms with Gasteiger partial charge >= 0.3 is 6.18 Å². The number of nitrogens with zero attached hydrogens (tertiary/aromatic N) is 3. The van der Waals surface area contributed by atoms with Gasteiger partial charge in [0.2, 0.25) is 0 Å². The fourth-order valence-electron chi connectivity index (χ4n) is 2.84. The highest BCUT2D eigenvalue weighted by atomic mass is 32.2. The monoisotopic (exact) mass is 444 g/mol. The number of para-hydroxylation sites is 1. The normalized spacial score (nSPS) is 11.6. The minimum Gasteiger partial charge on any atom is -0.306 e. The van der Waals surface area contributed by atoms with Crippen LogP contribution >= 0.6 is 11.8 Å². The number of rotatable bonds is 4. The number of aromatic nitrogens is 3. The van der Waals surface area contributed by atoms with E-state index < -0.39 is 22.2 Å². The number of hydrogen-bond donors (Lipinski definition) is 1. The van der Waals surface area contributed by atoms with Gasteiger partial charge in [0.25, 0.3) is 11.2 Å². The number of nitro groups is 1. The maximum Gasteiger partial charge on any atom is 0.417 e. The summed E-state index contributed by atoms with van der Waals surface area (Å²) in [7, 11) is 0. The average molecular weight is 444 g/mol. The van der Waals surface area contributed by atoms with Crippen molar-refractivity contribution in [1.82, 2.24) is 15.0 Å². The number of halogens is 3. The summed E-state index contributed by atoms with van der Waals surface area (Å²) in [5.74, 6) is 0.0989. The van der Waals surface area contributed by atoms with E-state index in [4.69, 9.17) is 0 Å². The molecule has 31 heavy (non-hydrogen) atoms. The van der Waals surface area contributed by atoms with Crippen LogP contribution in [0.3, 0.4) is 0 Å². The Kier molecular flexibility index (Phi) is 5.19. The van der Waals surface area contributed by atoms with Gasteiger partial charge in [-0.15, -0.1) is 0 Å². The quantitative estimate of drug-likeness (QED) is 0.349. The Balaban J connectivity index is 1.81. The lowest BCUT2D eigenvalue weighted by molar-refractivity contribution is -0.384. The molecule has 0 aliphatic heterocycles. The average Bonchev–Trinajstić information content (AvgIpc) is 2.73. The van der Waals surface area contributed by atoms with Crippen LogP contribution in [-0.4, -0.2) is 19.9 Å². The molecule has 0 saturated carbocycles. The number of nitrogens with one attached hydrogen (secondary N) is 1. The lowest BCUT2D eigenvalue weighted by Crippen LogP contribution is -2.09. The van der Waals surface area contributed by atoms with Crippen LogP contribution in [0.4, 0.5) is 18.9 Å². The molecule has 11 heteroatoms. The Morgan fingerprint density at radius 3 is 2.52 bits per heavy atom. The SMILES string of the molecule is O=c1[nH]c(-c2cc([N+](=O)[O-])ccc2Sc2ccc(C(F)(F)F)cn2)nc2ccccc12. The van der Waals surface area contributed by atoms with E-state index in [0.29, 0.717) is 22.0 Å². The first-order valence-corrected chi connectivity index (χ1v) is 9.53. The van der Waals surface area contributed by atoms with E-state index >= 15 is 0 Å². The van der Waals surface area contributed by atoms with Gasteiger partial charge in [0.1, 0.15) is 10.9 Å². The predicted octanol–water partition coefficient (Wildman–Crippen LogP) is 5.06. The maximum absolute atomic E-state index is 12.8. The standard InChI is InChI=1S/C20H11F3N4O3S/c21-20(22,23)11-5-8-17(24-10-11)31-16-7-6-12(27(29)30)9-14(16)18-25-15-4-2-1-3-13(15)19(28)26-18/h1-10H,(H,25,26,28). The smallest absolute Gasteiger partial charge is 0.306 e. The molecule has 2 aromatic carbocycles. The fourth-order valence-corrected chi connectivity index (χ4v) is 3.71. The molecular weight excluding hydrogens is 433 g/mol. The molecule has 0 amide bonds. The molecule has 0 aliphatic carbocycles. The zero-order valence-electron chi connectivity index (χ0n) is 15.4. The topological polar surface area (TPSA) is 102 Å². The first kappa shape index (κ1) is 20.5. The molecule has 7 nitrogen and oxygen atoms in total. The molecule has 0 aliphatic rings. The van der Waals surface area contributed by atoms with Crippen LogP contribution in [-0.2, 0) is 6.18 Å². The summed E-state index contributed by atoms with van der Waals surface area (Å²) in [6.45, 7) is 0. The van der Waals surface area contributed by atoms with Crippen molar-refractivity contribution in [1.29, 1.82) is 0 Å². The number of hydrogen-bond acceptors (Lipinski definition) is 6. The van der Waals surface area contributed by atoms with Gasteiger partial charge in [-0.25, -0.2) is 9.97 Å². The zero-order valence-corrected chi connectivity index (χ0v) is 16.2. The molecule has 0 saturated heterocycles. The van der Waals surface area contributed by atoms with Crippen molar-refractivity contribution in [2.75, 3.05) is 0 Å². The Hall–Kier alpha value is -3.73. The molecular formula is C20H11F3N4O3S. The number of fused-ring (bicyclic) bond motifs is 1. The van der Waals surface area contributed by atoms with E-state index in [1.54, 1.807) is 24.3 Å². The Morgan fingerprint density at radius 2 is 1.84 bits per heavy atom. The predicted molar refractivity (Wildman–Crippen MR) is 108 cm³/mol. The van der Waals surface area contributed by atoms with Crippen molar-refractivity contribution in [3.8, 4) is 11.4 Å². The Labute approximate surface area is 176 Å². The number of alkyl halides is 3. The number of H-pyrrole nitrogens is 1. The van der Waals surface area contributed by atoms with Gasteiger partial charge in [0.05, 0.1) is 21.4 Å². The van der Waals surface area contributed by atoms with Crippen molar-refractivity contribution >= 4 is 28.4 Å². The highest BCUT2D eigenvalue weighted by Crippen LogP contribution is 2.37. The second-order valence-corrected chi connectivity index (χ2v) is 7.42. The first-order valence-electron chi connectivity index (χ1n) is 8.71. The summed E-state index contributed by atoms with van der Waals surface area (Å²) in [6, 6.07) is 12.7. The summed E-state index contributed by atoms with van der Waals surface area (Å²) in [4.78, 5) is 34.4. The summed E-state index contributed by atoms with van der Waals surface area (Å²) in [5.41, 5.74) is -0.882. The van der Waals surface area contributed by atoms with Gasteiger partial charge in [0, 0.05) is 28.8 Å². The van der Waals surface area contributed by atoms with Crippen molar-refractivity contribution in [2.45, 2.75) is 16.1 Å². The summed E-state index contributed by atoms with van der Waals surface area (Å²) in [5, 5.41) is 11.9. The summed E-state index contributed by atoms with van der Waals surface area (Å²) in [6.07, 6.45) is -3.80. The van der Waals surface area contributed by atoms with E-state index in [2.05, 4.69) is 15.0 Å². The molecule has 2 aromatic heterocycles. The van der Waals surface area contributed by atoms with E-state index in [-0.39, 0.29) is 22.1 Å². The molecule has 0 radical (unpaired) electrons. The number of aromatic amines is 1. The third-order valence-electron chi connectivity index (χ3n) is 4.32. The summed E-state index contributed by atoms with van der Waals surface area (Å²) < 4.78 is 38.3. The third kappa shape index (κ3) is 4.26. The van der Waals surface area contributed by atoms with Gasteiger partial charge in [0.15, 0.2) is 0 Å². The fraction of sp³-hybridized carbons (Fsp3) is 0.0500. The van der Waals surface area contributed by atoms with E-state index in [1.807, 2.05) is 0 Å². The van der Waals surface area contributed by atoms with E-state index in [9.17, 15) is 28.1 Å². The van der Waals surface area contributed by atoms with Crippen molar-refractivity contribution in [3.05, 3.63) is 86.8 Å². The van der Waals surface area contributed by atoms with Gasteiger partial charge < -0.3 is 4.98 Å². The minimum absolute atomic E-state index is 0.0989. The number of nitro benzene ring substituents is 1. The van der Waals surface area contributed by atoms with Crippen LogP contribution in [0.1, 0.15) is 5.56 Å². The van der Waals surface area contributed by atoms with Gasteiger partial charge in [-0.2, -0.15) is 13.2 Å². The largest absolute Gasteiger partial charge is 0.417 e. The van der Waals surface area contributed by atoms with Crippen molar-refractivity contribution in [3.63, 3.8) is 0 Å². The highest BCUT2D eigenvalue weighted by Gasteiger charge is 2.30. The molecule has 0 bridgehead atoms. The second-order valence-electron chi connectivity index (χ2n) is 6.35. The van der Waals surface area contributed by atoms with Crippen LogP contribution in [0.25, 0.3) is 22.3 Å². The van der Waals surface area contributed by atoms with Gasteiger partial charge in [-0.05, 0) is 30.3 Å². The van der Waals surface area contributed by atoms with Crippen molar-refractivity contribution in [2.24, 2.45) is 0 Å². The zero-order chi connectivity index (χ0) is 22.2. The maximum atomic E-state index is 12.8. The van der Waals surface area contributed by atoms with Gasteiger partial charge in [-0.1, -0.05) is 23.9 Å². The first-order chi connectivity index (χ1) is 14.7. The van der Waals surface area contributed by atoms with Crippen molar-refractivity contribution < 1.29 is 18.1 Å². The lowest BCUT2D eigenvalue weighted by atomic mass is 10.1. The summed E-state index contributed by atoms with van der Waals surface area (Å²) >= 11 is 0.997. The molecule has 0 fully saturated rings. The molecule has 0 unspecified atom stereocenters. The Morgan fingerprint density at radius 1 is 1.06 bits per heavy atom. The van der Waals surface area contributed by atoms with Crippen LogP contribution in [0.15, 0.2) is 75.5 Å². The third-order valence-corrected chi connectivity index (χ3v) is 5.35. The van der Waals surface area contributed by atoms with E-state index in [1.165, 1.54) is 24.3 Å². The van der Waals surface area contributed by atoms with E-state index in [0.717, 1.165) is 17.8 Å². The second kappa shape index (κ2) is 7.84. The number of non-ortho nitro benzene ring substituents is 1. The van der Waals surface area contributed by atoms with Crippen LogP contribution in [0, 0.1) is 10.1 Å².